The number of sulfonamides is 1. The fourth-order valence-electron chi connectivity index (χ4n) is 4.03. The van der Waals surface area contributed by atoms with Crippen LogP contribution in [0.2, 0.25) is 0 Å². The maximum absolute atomic E-state index is 13.0. The molecule has 7 nitrogen and oxygen atoms in total. The molecule has 1 N–H and O–H groups in total. The van der Waals surface area contributed by atoms with Crippen molar-refractivity contribution in [2.75, 3.05) is 18.4 Å². The molecular weight excluding hydrogens is 438 g/mol. The smallest absolute Gasteiger partial charge is 0.263 e. The summed E-state index contributed by atoms with van der Waals surface area (Å²) < 4.78 is 28.9. The molecule has 1 aliphatic rings. The minimum atomic E-state index is -3.62. The Bertz CT molecular complexity index is 1330. The second kappa shape index (κ2) is 9.72. The summed E-state index contributed by atoms with van der Waals surface area (Å²) >= 11 is 0. The lowest BCUT2D eigenvalue weighted by atomic mass is 10.1. The van der Waals surface area contributed by atoms with Gasteiger partial charge in [0.25, 0.3) is 11.5 Å². The Balaban J connectivity index is 1.54. The predicted octanol–water partition coefficient (Wildman–Crippen LogP) is 3.63. The van der Waals surface area contributed by atoms with Crippen molar-refractivity contribution in [2.45, 2.75) is 37.6 Å². The summed E-state index contributed by atoms with van der Waals surface area (Å²) in [5, 5.41) is 2.68. The number of piperidine rings is 1. The Kier molecular flexibility index (Phi) is 6.76. The Morgan fingerprint density at radius 3 is 2.48 bits per heavy atom. The van der Waals surface area contributed by atoms with E-state index in [1.54, 1.807) is 24.4 Å². The van der Waals surface area contributed by atoms with Crippen LogP contribution >= 0.6 is 0 Å². The number of aromatic nitrogens is 1. The third kappa shape index (κ3) is 5.23. The van der Waals surface area contributed by atoms with Crippen molar-refractivity contribution in [3.63, 3.8) is 0 Å². The number of carbonyl (C=O) groups excluding carboxylic acids is 1. The molecule has 0 saturated carbocycles. The number of amides is 1. The number of nitrogens with one attached hydrogen (secondary N) is 1. The molecule has 0 unspecified atom stereocenters. The van der Waals surface area contributed by atoms with Gasteiger partial charge in [-0.1, -0.05) is 42.3 Å². The first-order valence-corrected chi connectivity index (χ1v) is 12.5. The number of carbonyl (C=O) groups is 1. The average Bonchev–Trinajstić information content (AvgIpc) is 2.81. The zero-order valence-electron chi connectivity index (χ0n) is 18.5. The molecule has 1 saturated heterocycles. The van der Waals surface area contributed by atoms with Gasteiger partial charge in [-0.15, -0.1) is 0 Å². The van der Waals surface area contributed by atoms with E-state index in [0.717, 1.165) is 30.4 Å². The Morgan fingerprint density at radius 2 is 1.73 bits per heavy atom. The van der Waals surface area contributed by atoms with E-state index in [-0.39, 0.29) is 10.5 Å². The third-order valence-electron chi connectivity index (χ3n) is 5.74. The zero-order valence-corrected chi connectivity index (χ0v) is 19.3. The summed E-state index contributed by atoms with van der Waals surface area (Å²) in [6, 6.07) is 17.1. The summed E-state index contributed by atoms with van der Waals surface area (Å²) in [6.07, 6.45) is 4.37. The predicted molar refractivity (Wildman–Crippen MR) is 128 cm³/mol. The van der Waals surface area contributed by atoms with Crippen LogP contribution in [0.3, 0.4) is 0 Å². The highest BCUT2D eigenvalue weighted by molar-refractivity contribution is 7.89. The van der Waals surface area contributed by atoms with Crippen LogP contribution in [0, 0.1) is 6.92 Å². The van der Waals surface area contributed by atoms with Crippen LogP contribution in [0.1, 0.15) is 40.7 Å². The summed E-state index contributed by atoms with van der Waals surface area (Å²) in [7, 11) is -3.62. The lowest BCUT2D eigenvalue weighted by molar-refractivity contribution is 0.102. The minimum Gasteiger partial charge on any atom is -0.322 e. The second-order valence-corrected chi connectivity index (χ2v) is 10.2. The van der Waals surface area contributed by atoms with Crippen molar-refractivity contribution in [1.82, 2.24) is 8.87 Å². The van der Waals surface area contributed by atoms with Crippen LogP contribution < -0.4 is 10.9 Å². The van der Waals surface area contributed by atoms with Crippen molar-refractivity contribution in [3.05, 3.63) is 93.9 Å². The van der Waals surface area contributed by atoms with Gasteiger partial charge in [-0.05, 0) is 55.7 Å². The highest BCUT2D eigenvalue weighted by atomic mass is 32.2. The molecule has 8 heteroatoms. The number of hydrogen-bond donors (Lipinski definition) is 1. The van der Waals surface area contributed by atoms with E-state index in [9.17, 15) is 18.0 Å². The van der Waals surface area contributed by atoms with Crippen LogP contribution in [0.15, 0.2) is 76.6 Å². The number of pyridine rings is 1. The molecule has 0 aliphatic carbocycles. The molecule has 0 spiro atoms. The highest BCUT2D eigenvalue weighted by Crippen LogP contribution is 2.23. The lowest BCUT2D eigenvalue weighted by Gasteiger charge is -2.26. The molecule has 3 aromatic rings. The lowest BCUT2D eigenvalue weighted by Crippen LogP contribution is -2.35. The molecule has 2 heterocycles. The molecule has 1 amide bonds. The molecule has 4 rings (SSSR count). The van der Waals surface area contributed by atoms with Crippen LogP contribution in [0.4, 0.5) is 5.69 Å². The molecular formula is C25H27N3O4S. The number of anilines is 1. The standard InChI is InChI=1S/C25H27N3O4S/c1-19-8-5-9-20(16-19)18-27-13-7-12-23(25(27)30)24(29)26-21-10-6-11-22(17-21)33(31,32)28-14-3-2-4-15-28/h5-13,16-17H,2-4,14-15,18H2,1H3,(H,26,29). The molecule has 2 aromatic carbocycles. The molecule has 1 fully saturated rings. The topological polar surface area (TPSA) is 88.5 Å². The van der Waals surface area contributed by atoms with Crippen LogP contribution in [0.5, 0.6) is 0 Å². The maximum atomic E-state index is 13.0. The summed E-state index contributed by atoms with van der Waals surface area (Å²) in [5.74, 6) is -0.578. The van der Waals surface area contributed by atoms with E-state index < -0.39 is 21.5 Å². The quantitative estimate of drug-likeness (QED) is 0.602. The van der Waals surface area contributed by atoms with Gasteiger partial charge in [0, 0.05) is 25.0 Å². The van der Waals surface area contributed by atoms with E-state index in [0.29, 0.717) is 25.3 Å². The van der Waals surface area contributed by atoms with Crippen LogP contribution in [-0.4, -0.2) is 36.3 Å². The molecule has 172 valence electrons. The average molecular weight is 466 g/mol. The van der Waals surface area contributed by atoms with Crippen molar-refractivity contribution >= 4 is 21.6 Å². The van der Waals surface area contributed by atoms with Gasteiger partial charge in [-0.3, -0.25) is 9.59 Å². The Hall–Kier alpha value is -3.23. The normalized spacial score (nSPS) is 14.7. The molecule has 1 aromatic heterocycles. The fraction of sp³-hybridized carbons (Fsp3) is 0.280. The van der Waals surface area contributed by atoms with Gasteiger partial charge in [0.05, 0.1) is 11.4 Å². The molecule has 1 aliphatic heterocycles. The molecule has 33 heavy (non-hydrogen) atoms. The van der Waals surface area contributed by atoms with E-state index >= 15 is 0 Å². The van der Waals surface area contributed by atoms with Crippen LogP contribution in [-0.2, 0) is 16.6 Å². The SMILES string of the molecule is Cc1cccc(Cn2cccc(C(=O)Nc3cccc(S(=O)(=O)N4CCCCC4)c3)c2=O)c1. The Labute approximate surface area is 193 Å². The monoisotopic (exact) mass is 465 g/mol. The number of hydrogen-bond acceptors (Lipinski definition) is 4. The fourth-order valence-corrected chi connectivity index (χ4v) is 5.59. The Morgan fingerprint density at radius 1 is 0.970 bits per heavy atom. The van der Waals surface area contributed by atoms with Crippen molar-refractivity contribution in [1.29, 1.82) is 0 Å². The first-order chi connectivity index (χ1) is 15.8. The van der Waals surface area contributed by atoms with Gasteiger partial charge in [-0.25, -0.2) is 8.42 Å². The van der Waals surface area contributed by atoms with Crippen molar-refractivity contribution < 1.29 is 13.2 Å². The van der Waals surface area contributed by atoms with Gasteiger partial charge in [0.15, 0.2) is 0 Å². The first-order valence-electron chi connectivity index (χ1n) is 11.0. The maximum Gasteiger partial charge on any atom is 0.263 e. The molecule has 0 radical (unpaired) electrons. The van der Waals surface area contributed by atoms with Gasteiger partial charge >= 0.3 is 0 Å². The largest absolute Gasteiger partial charge is 0.322 e. The van der Waals surface area contributed by atoms with Gasteiger partial charge in [0.1, 0.15) is 5.56 Å². The minimum absolute atomic E-state index is 0.00514. The number of aryl methyl sites for hydroxylation is 1. The van der Waals surface area contributed by atoms with Gasteiger partial charge in [0.2, 0.25) is 10.0 Å². The van der Waals surface area contributed by atoms with Gasteiger partial charge < -0.3 is 9.88 Å². The molecule has 0 atom stereocenters. The van der Waals surface area contributed by atoms with E-state index in [2.05, 4.69) is 5.32 Å². The zero-order chi connectivity index (χ0) is 23.4. The number of rotatable bonds is 6. The first kappa shape index (κ1) is 22.9. The summed E-state index contributed by atoms with van der Waals surface area (Å²) in [6.45, 7) is 3.34. The van der Waals surface area contributed by atoms with Gasteiger partial charge in [-0.2, -0.15) is 4.31 Å². The van der Waals surface area contributed by atoms with E-state index in [1.807, 2.05) is 31.2 Å². The summed E-state index contributed by atoms with van der Waals surface area (Å²) in [4.78, 5) is 25.9. The van der Waals surface area contributed by atoms with Crippen molar-refractivity contribution in [3.8, 4) is 0 Å². The van der Waals surface area contributed by atoms with E-state index in [4.69, 9.17) is 0 Å². The second-order valence-electron chi connectivity index (χ2n) is 8.29. The third-order valence-corrected chi connectivity index (χ3v) is 7.64. The number of nitrogens with zero attached hydrogens (tertiary/aromatic N) is 2. The van der Waals surface area contributed by atoms with E-state index in [1.165, 1.54) is 27.1 Å². The molecule has 0 bridgehead atoms. The van der Waals surface area contributed by atoms with Crippen LogP contribution in [0.25, 0.3) is 0 Å². The summed E-state index contributed by atoms with van der Waals surface area (Å²) in [5.41, 5.74) is 1.97. The highest BCUT2D eigenvalue weighted by Gasteiger charge is 2.26. The van der Waals surface area contributed by atoms with Crippen molar-refractivity contribution in [2.24, 2.45) is 0 Å². The number of benzene rings is 2.